The molecule has 0 radical (unpaired) electrons. The summed E-state index contributed by atoms with van der Waals surface area (Å²) in [6.45, 7) is 5.80. The van der Waals surface area contributed by atoms with Crippen LogP contribution in [-0.2, 0) is 9.59 Å². The molecule has 2 aromatic heterocycles. The molecule has 1 saturated heterocycles. The molecule has 1 amide bonds. The number of ether oxygens (including phenoxy) is 1. The summed E-state index contributed by atoms with van der Waals surface area (Å²) >= 11 is 2.42. The Labute approximate surface area is 225 Å². The second-order valence-electron chi connectivity index (χ2n) is 9.15. The quantitative estimate of drug-likeness (QED) is 0.0980. The lowest BCUT2D eigenvalue weighted by Gasteiger charge is -2.22. The van der Waals surface area contributed by atoms with Crippen molar-refractivity contribution in [2.75, 3.05) is 12.0 Å². The van der Waals surface area contributed by atoms with Crippen LogP contribution >= 0.6 is 22.7 Å². The fourth-order valence-corrected chi connectivity index (χ4v) is 6.44. The molecule has 1 aliphatic rings. The molecule has 1 aliphatic heterocycles. The van der Waals surface area contributed by atoms with Crippen LogP contribution in [0.1, 0.15) is 47.4 Å². The van der Waals surface area contributed by atoms with Crippen molar-refractivity contribution in [3.8, 4) is 5.75 Å². The lowest BCUT2D eigenvalue weighted by Crippen LogP contribution is -2.28. The number of aryl methyl sites for hydroxylation is 1. The number of hydrogen-bond acceptors (Lipinski definition) is 9. The summed E-state index contributed by atoms with van der Waals surface area (Å²) in [5.74, 6) is -1.17. The van der Waals surface area contributed by atoms with Crippen molar-refractivity contribution in [3.63, 3.8) is 0 Å². The normalized spacial score (nSPS) is 17.1. The van der Waals surface area contributed by atoms with Gasteiger partial charge in [-0.15, -0.1) is 11.3 Å². The zero-order valence-electron chi connectivity index (χ0n) is 20.9. The summed E-state index contributed by atoms with van der Waals surface area (Å²) < 4.78 is 6.03. The van der Waals surface area contributed by atoms with Crippen LogP contribution in [0.25, 0.3) is 16.0 Å². The number of carbonyl (C=O) groups excluding carboxylic acids is 2. The lowest BCUT2D eigenvalue weighted by atomic mass is 9.92. The number of carbonyl (C=O) groups is 2. The number of non-ortho nitro benzene ring substituents is 1. The average molecular weight is 550 g/mol. The van der Waals surface area contributed by atoms with Gasteiger partial charge in [0, 0.05) is 22.6 Å². The number of thiazole rings is 1. The number of aromatic nitrogens is 1. The summed E-state index contributed by atoms with van der Waals surface area (Å²) in [6, 6.07) is 10.5. The molecule has 0 aliphatic carbocycles. The number of thiophene rings is 1. The second kappa shape index (κ2) is 9.66. The van der Waals surface area contributed by atoms with Gasteiger partial charge in [-0.05, 0) is 53.6 Å². The smallest absolute Gasteiger partial charge is 0.301 e. The third kappa shape index (κ3) is 4.13. The van der Waals surface area contributed by atoms with Gasteiger partial charge in [-0.1, -0.05) is 31.3 Å². The Morgan fingerprint density at radius 2 is 1.97 bits per heavy atom. The first-order valence-corrected chi connectivity index (χ1v) is 13.4. The molecule has 194 valence electrons. The van der Waals surface area contributed by atoms with Crippen molar-refractivity contribution >= 4 is 61.2 Å². The topological polar surface area (TPSA) is 123 Å². The number of ketones is 1. The predicted molar refractivity (Wildman–Crippen MR) is 147 cm³/mol. The maximum Gasteiger partial charge on any atom is 0.301 e. The third-order valence-corrected chi connectivity index (χ3v) is 8.43. The first kappa shape index (κ1) is 25.6. The fraction of sp³-hybridized carbons (Fsp3) is 0.222. The van der Waals surface area contributed by atoms with Crippen molar-refractivity contribution in [2.24, 2.45) is 0 Å². The molecular weight excluding hydrogens is 526 g/mol. The van der Waals surface area contributed by atoms with E-state index in [0.29, 0.717) is 32.0 Å². The number of rotatable bonds is 6. The van der Waals surface area contributed by atoms with Crippen molar-refractivity contribution in [1.82, 2.24) is 4.98 Å². The number of Topliss-reactive ketones (excluding diaryl/α,β-unsaturated/α-hetero) is 1. The van der Waals surface area contributed by atoms with E-state index >= 15 is 0 Å². The number of benzene rings is 2. The number of aliphatic hydroxyl groups excluding tert-OH is 1. The van der Waals surface area contributed by atoms with E-state index in [9.17, 15) is 24.8 Å². The van der Waals surface area contributed by atoms with Gasteiger partial charge in [0.2, 0.25) is 0 Å². The summed E-state index contributed by atoms with van der Waals surface area (Å²) in [5, 5.41) is 24.9. The van der Waals surface area contributed by atoms with E-state index in [2.05, 4.69) is 4.98 Å². The summed E-state index contributed by atoms with van der Waals surface area (Å²) in [5.41, 5.74) is 2.32. The molecule has 9 nitrogen and oxygen atoms in total. The Kier molecular flexibility index (Phi) is 6.49. The van der Waals surface area contributed by atoms with Crippen molar-refractivity contribution < 1.29 is 24.4 Å². The summed E-state index contributed by atoms with van der Waals surface area (Å²) in [6.07, 6.45) is 0. The summed E-state index contributed by atoms with van der Waals surface area (Å²) in [4.78, 5) is 44.1. The second-order valence-corrected chi connectivity index (χ2v) is 11.1. The van der Waals surface area contributed by atoms with Gasteiger partial charge in [0.25, 0.3) is 11.5 Å². The molecule has 2 aromatic carbocycles. The van der Waals surface area contributed by atoms with E-state index in [1.807, 2.05) is 19.2 Å². The minimum Gasteiger partial charge on any atom is -0.507 e. The first-order chi connectivity index (χ1) is 18.1. The zero-order valence-corrected chi connectivity index (χ0v) is 22.6. The number of anilines is 1. The number of fused-ring (bicyclic) bond motifs is 1. The Morgan fingerprint density at radius 1 is 1.21 bits per heavy atom. The number of nitro benzene ring substituents is 1. The molecule has 1 unspecified atom stereocenters. The van der Waals surface area contributed by atoms with Gasteiger partial charge in [-0.2, -0.15) is 0 Å². The molecule has 1 atom stereocenters. The van der Waals surface area contributed by atoms with Gasteiger partial charge in [0.15, 0.2) is 5.13 Å². The standard InChI is InChI=1S/C27H23N3O6S2/c1-13(2)16-12-17(14(3)10-19(16)36-4)24(31)22-23(20-6-5-9-37-20)29(26(33)25(22)32)27-28-18-8-7-15(30(34)35)11-21(18)38-27/h5-13,23,31H,1-4H3/b24-22+. The Balaban J connectivity index is 1.71. The van der Waals surface area contributed by atoms with Crippen molar-refractivity contribution in [3.05, 3.63) is 85.1 Å². The SMILES string of the molecule is COc1cc(C)c(/C(O)=C2\C(=O)C(=O)N(c3nc4ccc([N+](=O)[O-])cc4s3)C2c2cccs2)cc1C(C)C. The molecule has 3 heterocycles. The lowest BCUT2D eigenvalue weighted by molar-refractivity contribution is -0.384. The molecule has 38 heavy (non-hydrogen) atoms. The van der Waals surface area contributed by atoms with Gasteiger partial charge in [-0.25, -0.2) is 4.98 Å². The Bertz CT molecular complexity index is 1640. The highest BCUT2D eigenvalue weighted by atomic mass is 32.1. The van der Waals surface area contributed by atoms with Crippen LogP contribution in [0.5, 0.6) is 5.75 Å². The molecule has 1 N–H and O–H groups in total. The highest BCUT2D eigenvalue weighted by Gasteiger charge is 2.48. The average Bonchev–Trinajstić information content (AvgIpc) is 3.61. The zero-order chi connectivity index (χ0) is 27.3. The molecule has 4 aromatic rings. The number of hydrogen-bond donors (Lipinski definition) is 1. The van der Waals surface area contributed by atoms with Crippen molar-refractivity contribution in [1.29, 1.82) is 0 Å². The Morgan fingerprint density at radius 3 is 2.61 bits per heavy atom. The molecule has 5 rings (SSSR count). The monoisotopic (exact) mass is 549 g/mol. The number of nitrogens with zero attached hydrogens (tertiary/aromatic N) is 3. The highest BCUT2D eigenvalue weighted by molar-refractivity contribution is 7.22. The van der Waals surface area contributed by atoms with E-state index in [4.69, 9.17) is 4.74 Å². The van der Waals surface area contributed by atoms with Crippen LogP contribution in [0.15, 0.2) is 53.4 Å². The Hall–Kier alpha value is -4.09. The molecular formula is C27H23N3O6S2. The van der Waals surface area contributed by atoms with E-state index in [0.717, 1.165) is 16.9 Å². The van der Waals surface area contributed by atoms with Crippen LogP contribution < -0.4 is 9.64 Å². The summed E-state index contributed by atoms with van der Waals surface area (Å²) in [7, 11) is 1.58. The van der Waals surface area contributed by atoms with Crippen LogP contribution in [0.3, 0.4) is 0 Å². The first-order valence-electron chi connectivity index (χ1n) is 11.7. The third-order valence-electron chi connectivity index (χ3n) is 6.49. The minimum absolute atomic E-state index is 0.0364. The number of aliphatic hydroxyl groups is 1. The fourth-order valence-electron chi connectivity index (χ4n) is 4.59. The van der Waals surface area contributed by atoms with Crippen LogP contribution in [0.4, 0.5) is 10.8 Å². The van der Waals surface area contributed by atoms with Crippen molar-refractivity contribution in [2.45, 2.75) is 32.7 Å². The van der Waals surface area contributed by atoms with E-state index in [1.165, 1.54) is 34.4 Å². The number of amides is 1. The van der Waals surface area contributed by atoms with Gasteiger partial charge < -0.3 is 9.84 Å². The van der Waals surface area contributed by atoms with Gasteiger partial charge in [0.1, 0.15) is 17.6 Å². The molecule has 0 spiro atoms. The van der Waals surface area contributed by atoms with E-state index in [-0.39, 0.29) is 28.1 Å². The van der Waals surface area contributed by atoms with E-state index < -0.39 is 22.7 Å². The molecule has 11 heteroatoms. The van der Waals surface area contributed by atoms with Gasteiger partial charge >= 0.3 is 5.91 Å². The predicted octanol–water partition coefficient (Wildman–Crippen LogP) is 6.33. The van der Waals surface area contributed by atoms with E-state index in [1.54, 1.807) is 38.3 Å². The molecule has 0 bridgehead atoms. The van der Waals surface area contributed by atoms with Crippen LogP contribution in [-0.4, -0.2) is 33.8 Å². The minimum atomic E-state index is -0.908. The van der Waals surface area contributed by atoms with Crippen LogP contribution in [0.2, 0.25) is 0 Å². The van der Waals surface area contributed by atoms with Gasteiger partial charge in [-0.3, -0.25) is 24.6 Å². The van der Waals surface area contributed by atoms with Gasteiger partial charge in [0.05, 0.1) is 27.8 Å². The number of nitro groups is 1. The molecule has 1 fully saturated rings. The van der Waals surface area contributed by atoms with Crippen LogP contribution in [0, 0.1) is 17.0 Å². The highest BCUT2D eigenvalue weighted by Crippen LogP contribution is 2.46. The largest absolute Gasteiger partial charge is 0.507 e. The molecule has 0 saturated carbocycles. The maximum atomic E-state index is 13.5. The number of methoxy groups -OCH3 is 1. The maximum absolute atomic E-state index is 13.5.